The first-order valence-corrected chi connectivity index (χ1v) is 11.9. The highest BCUT2D eigenvalue weighted by Gasteiger charge is 2.18. The molecule has 0 unspecified atom stereocenters. The van der Waals surface area contributed by atoms with Crippen LogP contribution in [-0.4, -0.2) is 30.6 Å². The maximum absolute atomic E-state index is 12.5. The van der Waals surface area contributed by atoms with Crippen LogP contribution in [0.5, 0.6) is 11.5 Å². The molecule has 2 amide bonds. The fourth-order valence-electron chi connectivity index (χ4n) is 2.71. The van der Waals surface area contributed by atoms with Crippen molar-refractivity contribution < 1.29 is 19.1 Å². The maximum atomic E-state index is 12.5. The first-order valence-electron chi connectivity index (χ1n) is 9.52. The Morgan fingerprint density at radius 1 is 1.09 bits per heavy atom. The van der Waals surface area contributed by atoms with Crippen molar-refractivity contribution in [2.24, 2.45) is 0 Å². The van der Waals surface area contributed by atoms with Crippen molar-refractivity contribution in [2.45, 2.75) is 12.8 Å². The van der Waals surface area contributed by atoms with E-state index >= 15 is 0 Å². The number of carbonyl (C=O) groups excluding carboxylic acids is 2. The van der Waals surface area contributed by atoms with Crippen LogP contribution in [0.25, 0.3) is 10.1 Å². The third-order valence-corrected chi connectivity index (χ3v) is 6.68. The normalized spacial score (nSPS) is 10.5. The quantitative estimate of drug-likeness (QED) is 0.210. The molecule has 3 N–H and O–H groups in total. The molecule has 2 aromatic carbocycles. The number of thiocarbonyl (C=S) groups is 1. The van der Waals surface area contributed by atoms with Gasteiger partial charge in [-0.1, -0.05) is 34.8 Å². The number of halogens is 3. The van der Waals surface area contributed by atoms with Gasteiger partial charge < -0.3 is 9.47 Å². The van der Waals surface area contributed by atoms with Crippen LogP contribution in [0, 0.1) is 0 Å². The SMILES string of the molecule is COc1ccc2c(Cl)c(C(=O)NC(=S)NNC(=O)CCCOc3ccc(Cl)cc3Cl)sc2c1. The van der Waals surface area contributed by atoms with E-state index in [1.807, 2.05) is 0 Å². The monoisotopic (exact) mass is 545 g/mol. The van der Waals surface area contributed by atoms with Crippen LogP contribution in [0.4, 0.5) is 0 Å². The van der Waals surface area contributed by atoms with Crippen LogP contribution < -0.4 is 25.6 Å². The molecule has 0 saturated heterocycles. The Bertz CT molecular complexity index is 1200. The molecule has 7 nitrogen and oxygen atoms in total. The van der Waals surface area contributed by atoms with E-state index in [-0.39, 0.29) is 24.0 Å². The van der Waals surface area contributed by atoms with Crippen molar-refractivity contribution in [3.05, 3.63) is 56.3 Å². The Labute approximate surface area is 214 Å². The second-order valence-corrected chi connectivity index (χ2v) is 9.27. The molecule has 0 fully saturated rings. The van der Waals surface area contributed by atoms with Crippen molar-refractivity contribution in [3.63, 3.8) is 0 Å². The number of ether oxygens (including phenoxy) is 2. The van der Waals surface area contributed by atoms with Gasteiger partial charge in [0.15, 0.2) is 5.11 Å². The van der Waals surface area contributed by atoms with E-state index in [0.29, 0.717) is 37.9 Å². The summed E-state index contributed by atoms with van der Waals surface area (Å²) in [7, 11) is 1.56. The molecule has 0 radical (unpaired) electrons. The van der Waals surface area contributed by atoms with Crippen LogP contribution in [-0.2, 0) is 4.79 Å². The molecule has 1 aromatic heterocycles. The predicted molar refractivity (Wildman–Crippen MR) is 136 cm³/mol. The second-order valence-electron chi connectivity index (χ2n) is 6.59. The fourth-order valence-corrected chi connectivity index (χ4v) is 4.75. The predicted octanol–water partition coefficient (Wildman–Crippen LogP) is 5.36. The number of thiophene rings is 1. The maximum Gasteiger partial charge on any atom is 0.269 e. The summed E-state index contributed by atoms with van der Waals surface area (Å²) in [6.45, 7) is 0.283. The summed E-state index contributed by atoms with van der Waals surface area (Å²) in [6.07, 6.45) is 0.602. The van der Waals surface area contributed by atoms with Gasteiger partial charge in [-0.25, -0.2) is 0 Å². The summed E-state index contributed by atoms with van der Waals surface area (Å²) in [6, 6.07) is 10.2. The molecule has 0 spiro atoms. The number of hydrazine groups is 1. The van der Waals surface area contributed by atoms with E-state index in [9.17, 15) is 9.59 Å². The minimum Gasteiger partial charge on any atom is -0.497 e. The van der Waals surface area contributed by atoms with Gasteiger partial charge >= 0.3 is 0 Å². The standard InChI is InChI=1S/C21H18Cl3N3O4S2/c1-30-12-5-6-13-16(10-12)33-19(18(13)24)20(29)25-21(32)27-26-17(28)3-2-8-31-15-7-4-11(22)9-14(15)23/h4-7,9-10H,2-3,8H2,1H3,(H,26,28)(H2,25,27,29,32). The topological polar surface area (TPSA) is 88.7 Å². The van der Waals surface area contributed by atoms with E-state index in [2.05, 4.69) is 16.2 Å². The van der Waals surface area contributed by atoms with Gasteiger partial charge in [-0.3, -0.25) is 25.8 Å². The molecule has 0 saturated carbocycles. The van der Waals surface area contributed by atoms with E-state index in [1.165, 1.54) is 11.3 Å². The molecule has 0 aliphatic heterocycles. The van der Waals surface area contributed by atoms with E-state index < -0.39 is 5.91 Å². The fraction of sp³-hybridized carbons (Fsp3) is 0.190. The van der Waals surface area contributed by atoms with Crippen molar-refractivity contribution in [1.29, 1.82) is 0 Å². The van der Waals surface area contributed by atoms with Gasteiger partial charge in [-0.05, 0) is 55.0 Å². The number of fused-ring (bicyclic) bond motifs is 1. The van der Waals surface area contributed by atoms with Crippen LogP contribution in [0.2, 0.25) is 15.1 Å². The Balaban J connectivity index is 1.42. The average molecular weight is 547 g/mol. The number of rotatable bonds is 7. The zero-order chi connectivity index (χ0) is 24.0. The molecule has 33 heavy (non-hydrogen) atoms. The summed E-state index contributed by atoms with van der Waals surface area (Å²) < 4.78 is 11.5. The van der Waals surface area contributed by atoms with Gasteiger partial charge in [0.1, 0.15) is 16.4 Å². The summed E-state index contributed by atoms with van der Waals surface area (Å²) in [5.74, 6) is 0.334. The first kappa shape index (κ1) is 25.3. The summed E-state index contributed by atoms with van der Waals surface area (Å²) >= 11 is 24.5. The Hall–Kier alpha value is -2.30. The number of carbonyl (C=O) groups is 2. The zero-order valence-corrected chi connectivity index (χ0v) is 21.1. The molecule has 0 bridgehead atoms. The Kier molecular flexibility index (Phi) is 8.99. The van der Waals surface area contributed by atoms with Crippen molar-refractivity contribution in [1.82, 2.24) is 16.2 Å². The minimum atomic E-state index is -0.486. The average Bonchev–Trinajstić information content (AvgIpc) is 3.12. The van der Waals surface area contributed by atoms with Crippen LogP contribution >= 0.6 is 58.4 Å². The Morgan fingerprint density at radius 2 is 1.88 bits per heavy atom. The van der Waals surface area contributed by atoms with E-state index in [4.69, 9.17) is 56.5 Å². The lowest BCUT2D eigenvalue weighted by Gasteiger charge is -2.11. The summed E-state index contributed by atoms with van der Waals surface area (Å²) in [5, 5.41) is 4.39. The lowest BCUT2D eigenvalue weighted by molar-refractivity contribution is -0.121. The van der Waals surface area contributed by atoms with Crippen molar-refractivity contribution >= 4 is 85.4 Å². The first-order chi connectivity index (χ1) is 15.8. The highest BCUT2D eigenvalue weighted by Crippen LogP contribution is 2.37. The molecular weight excluding hydrogens is 529 g/mol. The lowest BCUT2D eigenvalue weighted by atomic mass is 10.2. The highest BCUT2D eigenvalue weighted by atomic mass is 35.5. The molecule has 0 atom stereocenters. The number of hydrogen-bond donors (Lipinski definition) is 3. The molecule has 12 heteroatoms. The van der Waals surface area contributed by atoms with Gasteiger partial charge in [0.25, 0.3) is 5.91 Å². The van der Waals surface area contributed by atoms with Gasteiger partial charge in [-0.15, -0.1) is 11.3 Å². The number of benzene rings is 2. The molecule has 0 aliphatic rings. The molecular formula is C21H18Cl3N3O4S2. The van der Waals surface area contributed by atoms with E-state index in [1.54, 1.807) is 43.5 Å². The molecule has 3 aromatic rings. The van der Waals surface area contributed by atoms with E-state index in [0.717, 1.165) is 10.1 Å². The lowest BCUT2D eigenvalue weighted by Crippen LogP contribution is -2.48. The zero-order valence-electron chi connectivity index (χ0n) is 17.2. The third kappa shape index (κ3) is 6.84. The third-order valence-electron chi connectivity index (χ3n) is 4.29. The van der Waals surface area contributed by atoms with Gasteiger partial charge in [0.2, 0.25) is 5.91 Å². The Morgan fingerprint density at radius 3 is 2.61 bits per heavy atom. The molecule has 0 aliphatic carbocycles. The van der Waals surface area contributed by atoms with Crippen molar-refractivity contribution in [3.8, 4) is 11.5 Å². The number of amides is 2. The van der Waals surface area contributed by atoms with Crippen LogP contribution in [0.15, 0.2) is 36.4 Å². The van der Waals surface area contributed by atoms with Gasteiger partial charge in [0.05, 0.1) is 23.8 Å². The van der Waals surface area contributed by atoms with Crippen LogP contribution in [0.3, 0.4) is 0 Å². The van der Waals surface area contributed by atoms with Crippen LogP contribution in [0.1, 0.15) is 22.5 Å². The summed E-state index contributed by atoms with van der Waals surface area (Å²) in [5.41, 5.74) is 4.92. The van der Waals surface area contributed by atoms with Crippen molar-refractivity contribution in [2.75, 3.05) is 13.7 Å². The van der Waals surface area contributed by atoms with Gasteiger partial charge in [0, 0.05) is 21.5 Å². The smallest absolute Gasteiger partial charge is 0.269 e. The highest BCUT2D eigenvalue weighted by molar-refractivity contribution is 7.80. The number of nitrogens with one attached hydrogen (secondary N) is 3. The molecule has 1 heterocycles. The minimum absolute atomic E-state index is 0.0661. The number of hydrogen-bond acceptors (Lipinski definition) is 6. The molecule has 3 rings (SSSR count). The largest absolute Gasteiger partial charge is 0.497 e. The second kappa shape index (κ2) is 11.7. The molecule has 174 valence electrons. The van der Waals surface area contributed by atoms with Gasteiger partial charge in [-0.2, -0.15) is 0 Å². The number of methoxy groups -OCH3 is 1. The summed E-state index contributed by atoms with van der Waals surface area (Å²) in [4.78, 5) is 24.8.